The van der Waals surface area contributed by atoms with Crippen LogP contribution in [0.15, 0.2) is 10.6 Å². The lowest BCUT2D eigenvalue weighted by Gasteiger charge is -2.43. The van der Waals surface area contributed by atoms with E-state index in [4.69, 9.17) is 4.52 Å². The molecule has 1 aromatic rings. The Morgan fingerprint density at radius 2 is 2.14 bits per heavy atom. The SMILES string of the molecule is CCCNCc1cc(CN2CCCC3CCCCC32)on1. The maximum absolute atomic E-state index is 5.55. The molecule has 1 aromatic heterocycles. The van der Waals surface area contributed by atoms with Gasteiger partial charge < -0.3 is 9.84 Å². The molecule has 1 saturated carbocycles. The molecule has 1 N–H and O–H groups in total. The second-order valence-corrected chi connectivity index (χ2v) is 6.69. The van der Waals surface area contributed by atoms with Crippen LogP contribution < -0.4 is 5.32 Å². The molecule has 0 spiro atoms. The third kappa shape index (κ3) is 3.86. The van der Waals surface area contributed by atoms with E-state index in [-0.39, 0.29) is 0 Å². The molecule has 2 aliphatic rings. The highest BCUT2D eigenvalue weighted by Gasteiger charge is 2.33. The minimum atomic E-state index is 0.791. The molecule has 2 atom stereocenters. The number of likely N-dealkylation sites (tertiary alicyclic amines) is 1. The summed E-state index contributed by atoms with van der Waals surface area (Å²) in [5.41, 5.74) is 1.04. The van der Waals surface area contributed by atoms with Gasteiger partial charge in [-0.3, -0.25) is 4.90 Å². The van der Waals surface area contributed by atoms with Crippen LogP contribution in [0.4, 0.5) is 0 Å². The molecule has 4 nitrogen and oxygen atoms in total. The molecular weight excluding hydrogens is 262 g/mol. The molecule has 21 heavy (non-hydrogen) atoms. The Morgan fingerprint density at radius 3 is 3.05 bits per heavy atom. The number of hydrogen-bond acceptors (Lipinski definition) is 4. The van der Waals surface area contributed by atoms with Crippen molar-refractivity contribution in [3.05, 3.63) is 17.5 Å². The summed E-state index contributed by atoms with van der Waals surface area (Å²) in [7, 11) is 0. The van der Waals surface area contributed by atoms with Crippen molar-refractivity contribution in [3.8, 4) is 0 Å². The molecule has 118 valence electrons. The van der Waals surface area contributed by atoms with Gasteiger partial charge in [0.05, 0.1) is 12.2 Å². The Bertz CT molecular complexity index is 429. The molecule has 1 aliphatic heterocycles. The average molecular weight is 291 g/mol. The first-order valence-electron chi connectivity index (χ1n) is 8.76. The quantitative estimate of drug-likeness (QED) is 0.816. The number of nitrogens with zero attached hydrogens (tertiary/aromatic N) is 2. The van der Waals surface area contributed by atoms with Crippen molar-refractivity contribution in [2.24, 2.45) is 5.92 Å². The highest BCUT2D eigenvalue weighted by molar-refractivity contribution is 5.06. The van der Waals surface area contributed by atoms with Crippen molar-refractivity contribution in [2.45, 2.75) is 71.0 Å². The largest absolute Gasteiger partial charge is 0.360 e. The van der Waals surface area contributed by atoms with Crippen molar-refractivity contribution >= 4 is 0 Å². The minimum absolute atomic E-state index is 0.791. The van der Waals surface area contributed by atoms with E-state index in [0.29, 0.717) is 0 Å². The second kappa shape index (κ2) is 7.41. The van der Waals surface area contributed by atoms with Crippen LogP contribution in [0.2, 0.25) is 0 Å². The van der Waals surface area contributed by atoms with Crippen LogP contribution in [0.5, 0.6) is 0 Å². The maximum Gasteiger partial charge on any atom is 0.151 e. The Labute approximate surface area is 128 Å². The van der Waals surface area contributed by atoms with Crippen molar-refractivity contribution < 1.29 is 4.52 Å². The zero-order chi connectivity index (χ0) is 14.5. The summed E-state index contributed by atoms with van der Waals surface area (Å²) in [6.45, 7) is 6.22. The Morgan fingerprint density at radius 1 is 1.29 bits per heavy atom. The fourth-order valence-corrected chi connectivity index (χ4v) is 4.03. The van der Waals surface area contributed by atoms with Gasteiger partial charge in [-0.2, -0.15) is 0 Å². The molecule has 0 radical (unpaired) electrons. The lowest BCUT2D eigenvalue weighted by Crippen LogP contribution is -2.46. The van der Waals surface area contributed by atoms with Crippen molar-refractivity contribution in [3.63, 3.8) is 0 Å². The first-order valence-corrected chi connectivity index (χ1v) is 8.76. The first-order chi connectivity index (χ1) is 10.4. The number of aromatic nitrogens is 1. The Balaban J connectivity index is 1.55. The molecule has 0 aromatic carbocycles. The van der Waals surface area contributed by atoms with Crippen LogP contribution >= 0.6 is 0 Å². The smallest absolute Gasteiger partial charge is 0.151 e. The van der Waals surface area contributed by atoms with Gasteiger partial charge in [0.1, 0.15) is 0 Å². The van der Waals surface area contributed by atoms with Crippen molar-refractivity contribution in [1.82, 2.24) is 15.4 Å². The van der Waals surface area contributed by atoms with E-state index >= 15 is 0 Å². The zero-order valence-corrected chi connectivity index (χ0v) is 13.3. The predicted molar refractivity (Wildman–Crippen MR) is 83.9 cm³/mol. The van der Waals surface area contributed by atoms with Crippen LogP contribution in [0, 0.1) is 5.92 Å². The molecule has 2 unspecified atom stereocenters. The summed E-state index contributed by atoms with van der Waals surface area (Å²) in [5, 5.41) is 7.57. The summed E-state index contributed by atoms with van der Waals surface area (Å²) in [4.78, 5) is 2.65. The number of nitrogens with one attached hydrogen (secondary N) is 1. The van der Waals surface area contributed by atoms with Gasteiger partial charge in [0, 0.05) is 18.7 Å². The normalized spacial score (nSPS) is 26.7. The van der Waals surface area contributed by atoms with Gasteiger partial charge in [0.2, 0.25) is 0 Å². The van der Waals surface area contributed by atoms with Gasteiger partial charge in [0.15, 0.2) is 5.76 Å². The topological polar surface area (TPSA) is 41.3 Å². The van der Waals surface area contributed by atoms with E-state index in [1.165, 1.54) is 45.1 Å². The third-order valence-electron chi connectivity index (χ3n) is 5.06. The summed E-state index contributed by atoms with van der Waals surface area (Å²) < 4.78 is 5.55. The predicted octanol–water partition coefficient (Wildman–Crippen LogP) is 3.33. The lowest BCUT2D eigenvalue weighted by molar-refractivity contribution is 0.0479. The molecule has 0 amide bonds. The molecule has 1 saturated heterocycles. The Hall–Kier alpha value is -0.870. The van der Waals surface area contributed by atoms with E-state index < -0.39 is 0 Å². The number of hydrogen-bond donors (Lipinski definition) is 1. The molecule has 4 heteroatoms. The molecular formula is C17H29N3O. The van der Waals surface area contributed by atoms with E-state index in [1.807, 2.05) is 0 Å². The van der Waals surface area contributed by atoms with E-state index in [9.17, 15) is 0 Å². The lowest BCUT2D eigenvalue weighted by atomic mass is 9.78. The van der Waals surface area contributed by atoms with Gasteiger partial charge in [-0.25, -0.2) is 0 Å². The van der Waals surface area contributed by atoms with Crippen LogP contribution in [-0.4, -0.2) is 29.2 Å². The number of piperidine rings is 1. The third-order valence-corrected chi connectivity index (χ3v) is 5.06. The highest BCUT2D eigenvalue weighted by atomic mass is 16.5. The number of rotatable bonds is 6. The maximum atomic E-state index is 5.55. The highest BCUT2D eigenvalue weighted by Crippen LogP contribution is 2.35. The van der Waals surface area contributed by atoms with Crippen LogP contribution in [0.25, 0.3) is 0 Å². The fraction of sp³-hybridized carbons (Fsp3) is 0.824. The van der Waals surface area contributed by atoms with Crippen LogP contribution in [0.3, 0.4) is 0 Å². The van der Waals surface area contributed by atoms with E-state index in [0.717, 1.165) is 49.5 Å². The molecule has 0 bridgehead atoms. The molecule has 3 rings (SSSR count). The van der Waals surface area contributed by atoms with Crippen molar-refractivity contribution in [1.29, 1.82) is 0 Å². The summed E-state index contributed by atoms with van der Waals surface area (Å²) in [6.07, 6.45) is 9.59. The summed E-state index contributed by atoms with van der Waals surface area (Å²) in [6, 6.07) is 2.93. The molecule has 2 fully saturated rings. The fourth-order valence-electron chi connectivity index (χ4n) is 4.03. The first kappa shape index (κ1) is 15.0. The van der Waals surface area contributed by atoms with Gasteiger partial charge in [-0.1, -0.05) is 24.9 Å². The van der Waals surface area contributed by atoms with Crippen LogP contribution in [0.1, 0.15) is 63.3 Å². The van der Waals surface area contributed by atoms with Gasteiger partial charge in [-0.05, 0) is 51.1 Å². The second-order valence-electron chi connectivity index (χ2n) is 6.69. The zero-order valence-electron chi connectivity index (χ0n) is 13.3. The molecule has 1 aliphatic carbocycles. The van der Waals surface area contributed by atoms with Gasteiger partial charge >= 0.3 is 0 Å². The number of fused-ring (bicyclic) bond motifs is 1. The Kier molecular flexibility index (Phi) is 5.31. The monoisotopic (exact) mass is 291 g/mol. The van der Waals surface area contributed by atoms with Gasteiger partial charge in [0.25, 0.3) is 0 Å². The van der Waals surface area contributed by atoms with Crippen molar-refractivity contribution in [2.75, 3.05) is 13.1 Å². The molecule has 2 heterocycles. The van der Waals surface area contributed by atoms with Gasteiger partial charge in [-0.15, -0.1) is 0 Å². The van der Waals surface area contributed by atoms with E-state index in [1.54, 1.807) is 0 Å². The van der Waals surface area contributed by atoms with E-state index in [2.05, 4.69) is 28.4 Å². The minimum Gasteiger partial charge on any atom is -0.360 e. The average Bonchev–Trinajstić information content (AvgIpc) is 2.96. The summed E-state index contributed by atoms with van der Waals surface area (Å²) >= 11 is 0. The van der Waals surface area contributed by atoms with Crippen LogP contribution in [-0.2, 0) is 13.1 Å². The summed E-state index contributed by atoms with van der Waals surface area (Å²) in [5.74, 6) is 1.97. The standard InChI is InChI=1S/C17H29N3O/c1-2-9-18-12-15-11-16(21-19-15)13-20-10-5-7-14-6-3-4-8-17(14)20/h11,14,17-18H,2-10,12-13H2,1H3.